The van der Waals surface area contributed by atoms with Gasteiger partial charge in [0.15, 0.2) is 0 Å². The molecule has 0 saturated carbocycles. The van der Waals surface area contributed by atoms with Gasteiger partial charge in [-0.3, -0.25) is 9.46 Å². The molecule has 1 rings (SSSR count). The highest BCUT2D eigenvalue weighted by molar-refractivity contribution is 7.13. The van der Waals surface area contributed by atoms with E-state index in [-0.39, 0.29) is 0 Å². The Morgan fingerprint density at radius 2 is 2.00 bits per heavy atom. The van der Waals surface area contributed by atoms with Crippen molar-refractivity contribution >= 4 is 15.7 Å². The molecule has 2 N–H and O–H groups in total. The van der Waals surface area contributed by atoms with E-state index in [1.165, 1.54) is 0 Å². The van der Waals surface area contributed by atoms with E-state index in [0.29, 0.717) is 11.8 Å². The van der Waals surface area contributed by atoms with Crippen molar-refractivity contribution in [3.05, 3.63) is 24.4 Å². The predicted octanol–water partition coefficient (Wildman–Crippen LogP) is 1.33. The maximum atomic E-state index is 10.3. The second-order valence-electron chi connectivity index (χ2n) is 3.86. The molecule has 0 aromatic heterocycles. The molecule has 4 heteroatoms. The second kappa shape index (κ2) is 6.76. The first kappa shape index (κ1) is 12.4. The molecule has 1 aliphatic rings. The number of allylic oxidation sites excluding steroid dienone is 3. The van der Waals surface area contributed by atoms with Crippen molar-refractivity contribution in [1.82, 2.24) is 4.67 Å². The van der Waals surface area contributed by atoms with Gasteiger partial charge in [-0.25, -0.2) is 0 Å². The van der Waals surface area contributed by atoms with E-state index in [1.807, 2.05) is 12.2 Å². The summed E-state index contributed by atoms with van der Waals surface area (Å²) in [4.78, 5) is 10.3. The monoisotopic (exact) mass is 226 g/mol. The van der Waals surface area contributed by atoms with Gasteiger partial charge in [0, 0.05) is 13.1 Å². The molecule has 0 amide bonds. The van der Waals surface area contributed by atoms with Crippen LogP contribution in [0.4, 0.5) is 0 Å². The van der Waals surface area contributed by atoms with Crippen molar-refractivity contribution in [2.75, 3.05) is 13.1 Å². The number of carbonyl (C=O) groups excluding carboxylic acids is 1. The maximum Gasteiger partial charge on any atom is 0.142 e. The fourth-order valence-corrected chi connectivity index (χ4v) is 2.28. The Morgan fingerprint density at radius 1 is 1.33 bits per heavy atom. The molecule has 1 fully saturated rings. The van der Waals surface area contributed by atoms with Crippen molar-refractivity contribution in [2.24, 2.45) is 17.6 Å². The summed E-state index contributed by atoms with van der Waals surface area (Å²) in [5, 5.41) is 0. The topological polar surface area (TPSA) is 46.3 Å². The lowest BCUT2D eigenvalue weighted by Gasteiger charge is -2.31. The van der Waals surface area contributed by atoms with Gasteiger partial charge in [-0.15, -0.1) is 0 Å². The van der Waals surface area contributed by atoms with Crippen LogP contribution in [0.15, 0.2) is 24.4 Å². The third kappa shape index (κ3) is 4.15. The zero-order valence-electron chi connectivity index (χ0n) is 8.88. The standard InChI is InChI=1S/C11H19N2OP/c12-6-3-10(2-1-9-14)11-4-7-13(15)8-5-11/h1-3,6,9-11H,4-5,7-8,12,15H2/b2-1+,6-3-. The number of nitrogens with two attached hydrogens (primary N) is 1. The normalized spacial score (nSPS) is 22.5. The number of piperidine rings is 1. The molecule has 0 radical (unpaired) electrons. The SMILES string of the molecule is N/C=C\C(/C=C/C=O)C1CCN(P)CC1. The number of hydrogen-bond donors (Lipinski definition) is 1. The highest BCUT2D eigenvalue weighted by Gasteiger charge is 2.21. The van der Waals surface area contributed by atoms with Crippen molar-refractivity contribution in [3.63, 3.8) is 0 Å². The van der Waals surface area contributed by atoms with Crippen LogP contribution in [0.2, 0.25) is 0 Å². The van der Waals surface area contributed by atoms with E-state index in [4.69, 9.17) is 5.73 Å². The van der Waals surface area contributed by atoms with Crippen LogP contribution in [0.5, 0.6) is 0 Å². The fourth-order valence-electron chi connectivity index (χ4n) is 1.98. The molecule has 1 heterocycles. The first-order valence-electron chi connectivity index (χ1n) is 5.28. The third-order valence-corrected chi connectivity index (χ3v) is 3.38. The molecule has 0 aliphatic carbocycles. The molecule has 2 atom stereocenters. The average Bonchev–Trinajstić information content (AvgIpc) is 2.25. The fraction of sp³-hybridized carbons (Fsp3) is 0.545. The molecule has 3 nitrogen and oxygen atoms in total. The van der Waals surface area contributed by atoms with Crippen LogP contribution in [0.3, 0.4) is 0 Å². The maximum absolute atomic E-state index is 10.3. The Bertz CT molecular complexity index is 245. The van der Waals surface area contributed by atoms with Gasteiger partial charge in [-0.1, -0.05) is 21.5 Å². The summed E-state index contributed by atoms with van der Waals surface area (Å²) in [5.74, 6) is 0.914. The first-order valence-corrected chi connectivity index (χ1v) is 5.79. The smallest absolute Gasteiger partial charge is 0.142 e. The van der Waals surface area contributed by atoms with Crippen LogP contribution >= 0.6 is 9.39 Å². The van der Waals surface area contributed by atoms with Crippen molar-refractivity contribution in [1.29, 1.82) is 0 Å². The Balaban J connectivity index is 2.55. The minimum atomic E-state index is 0.305. The predicted molar refractivity (Wildman–Crippen MR) is 66.0 cm³/mol. The number of aldehydes is 1. The van der Waals surface area contributed by atoms with Crippen LogP contribution in [0.1, 0.15) is 12.8 Å². The van der Waals surface area contributed by atoms with E-state index in [2.05, 4.69) is 14.1 Å². The first-order chi connectivity index (χ1) is 7.27. The summed E-state index contributed by atoms with van der Waals surface area (Å²) in [6.45, 7) is 2.19. The summed E-state index contributed by atoms with van der Waals surface area (Å²) in [6, 6.07) is 0. The molecule has 0 spiro atoms. The molecule has 0 aromatic carbocycles. The zero-order valence-corrected chi connectivity index (χ0v) is 10.0. The molecule has 0 aromatic rings. The Labute approximate surface area is 93.7 Å². The molecule has 84 valence electrons. The third-order valence-electron chi connectivity index (χ3n) is 2.86. The van der Waals surface area contributed by atoms with Gasteiger partial charge in [0.25, 0.3) is 0 Å². The van der Waals surface area contributed by atoms with Gasteiger partial charge in [0.1, 0.15) is 6.29 Å². The molecule has 0 bridgehead atoms. The van der Waals surface area contributed by atoms with Gasteiger partial charge in [0.2, 0.25) is 0 Å². The quantitative estimate of drug-likeness (QED) is 0.447. The molecular weight excluding hydrogens is 207 g/mol. The molecule has 1 aliphatic heterocycles. The van der Waals surface area contributed by atoms with Gasteiger partial charge in [-0.05, 0) is 37.0 Å². The van der Waals surface area contributed by atoms with Gasteiger partial charge in [0.05, 0.1) is 0 Å². The van der Waals surface area contributed by atoms with E-state index < -0.39 is 0 Å². The number of carbonyl (C=O) groups is 1. The van der Waals surface area contributed by atoms with Crippen molar-refractivity contribution in [3.8, 4) is 0 Å². The Kier molecular flexibility index (Phi) is 5.59. The molecule has 2 unspecified atom stereocenters. The molecule has 1 saturated heterocycles. The number of nitrogens with zero attached hydrogens (tertiary/aromatic N) is 1. The lowest BCUT2D eigenvalue weighted by Crippen LogP contribution is -2.29. The second-order valence-corrected chi connectivity index (χ2v) is 4.59. The van der Waals surface area contributed by atoms with E-state index in [9.17, 15) is 4.79 Å². The van der Waals surface area contributed by atoms with E-state index >= 15 is 0 Å². The number of rotatable bonds is 4. The summed E-state index contributed by atoms with van der Waals surface area (Å²) in [6.07, 6.45) is 10.2. The Hall–Kier alpha value is -0.660. The summed E-state index contributed by atoms with van der Waals surface area (Å²) in [5.41, 5.74) is 5.42. The summed E-state index contributed by atoms with van der Waals surface area (Å²) >= 11 is 0. The van der Waals surface area contributed by atoms with Gasteiger partial charge in [-0.2, -0.15) is 0 Å². The van der Waals surface area contributed by atoms with Crippen LogP contribution in [0.25, 0.3) is 0 Å². The Morgan fingerprint density at radius 3 is 2.53 bits per heavy atom. The minimum Gasteiger partial charge on any atom is -0.405 e. The van der Waals surface area contributed by atoms with Gasteiger partial charge >= 0.3 is 0 Å². The lowest BCUT2D eigenvalue weighted by molar-refractivity contribution is -0.104. The van der Waals surface area contributed by atoms with Crippen molar-refractivity contribution in [2.45, 2.75) is 12.8 Å². The lowest BCUT2D eigenvalue weighted by atomic mass is 9.84. The minimum absolute atomic E-state index is 0.305. The average molecular weight is 226 g/mol. The van der Waals surface area contributed by atoms with E-state index in [0.717, 1.165) is 32.2 Å². The van der Waals surface area contributed by atoms with E-state index in [1.54, 1.807) is 12.3 Å². The number of hydrogen-bond acceptors (Lipinski definition) is 3. The summed E-state index contributed by atoms with van der Waals surface area (Å²) in [7, 11) is 2.73. The van der Waals surface area contributed by atoms with Crippen molar-refractivity contribution < 1.29 is 4.79 Å². The van der Waals surface area contributed by atoms with Crippen LogP contribution in [0, 0.1) is 11.8 Å². The van der Waals surface area contributed by atoms with Gasteiger partial charge < -0.3 is 5.73 Å². The molecule has 15 heavy (non-hydrogen) atoms. The zero-order chi connectivity index (χ0) is 11.1. The van der Waals surface area contributed by atoms with Crippen LogP contribution in [-0.4, -0.2) is 24.0 Å². The molecular formula is C11H19N2OP. The highest BCUT2D eigenvalue weighted by Crippen LogP contribution is 2.28. The highest BCUT2D eigenvalue weighted by atomic mass is 31.0. The van der Waals surface area contributed by atoms with Crippen LogP contribution in [-0.2, 0) is 4.79 Å². The van der Waals surface area contributed by atoms with Crippen LogP contribution < -0.4 is 5.73 Å². The largest absolute Gasteiger partial charge is 0.405 e. The summed E-state index contributed by atoms with van der Waals surface area (Å²) < 4.78 is 2.25.